The molecule has 0 aliphatic heterocycles. The Hall–Kier alpha value is -2.18. The third-order valence-corrected chi connectivity index (χ3v) is 7.48. The highest BCUT2D eigenvalue weighted by atomic mass is 32.2. The van der Waals surface area contributed by atoms with Crippen LogP contribution in [-0.2, 0) is 14.8 Å². The molecule has 1 N–H and O–H groups in total. The number of aryl methyl sites for hydroxylation is 3. The predicted octanol–water partition coefficient (Wildman–Crippen LogP) is 4.57. The Balaban J connectivity index is 1.85. The van der Waals surface area contributed by atoms with E-state index in [1.807, 2.05) is 39.0 Å². The summed E-state index contributed by atoms with van der Waals surface area (Å²) in [5, 5.41) is 2.89. The number of nitrogens with zero attached hydrogens (tertiary/aromatic N) is 1. The highest BCUT2D eigenvalue weighted by Crippen LogP contribution is 2.28. The van der Waals surface area contributed by atoms with Crippen LogP contribution in [-0.4, -0.2) is 31.2 Å². The fourth-order valence-corrected chi connectivity index (χ4v) is 5.55. The van der Waals surface area contributed by atoms with Crippen molar-refractivity contribution in [2.75, 3.05) is 11.9 Å². The number of benzene rings is 2. The second-order valence-corrected chi connectivity index (χ2v) is 9.91. The molecule has 1 saturated carbocycles. The summed E-state index contributed by atoms with van der Waals surface area (Å²) in [7, 11) is -3.75. The van der Waals surface area contributed by atoms with E-state index in [1.165, 1.54) is 4.31 Å². The number of anilines is 1. The molecule has 0 radical (unpaired) electrons. The van der Waals surface area contributed by atoms with Crippen molar-refractivity contribution in [1.82, 2.24) is 4.31 Å². The van der Waals surface area contributed by atoms with E-state index >= 15 is 0 Å². The number of sulfonamides is 1. The van der Waals surface area contributed by atoms with Crippen LogP contribution in [0.1, 0.15) is 48.8 Å². The molecule has 3 rings (SSSR count). The third-order valence-electron chi connectivity index (χ3n) is 5.56. The molecule has 6 heteroatoms. The molecule has 0 heterocycles. The van der Waals surface area contributed by atoms with Crippen molar-refractivity contribution in [2.45, 2.75) is 63.8 Å². The van der Waals surface area contributed by atoms with Crippen LogP contribution in [0.25, 0.3) is 0 Å². The molecule has 0 atom stereocenters. The monoisotopic (exact) mass is 414 g/mol. The standard InChI is InChI=1S/C23H30N2O3S/c1-17-9-12-21(13-10-17)29(27,28)25(20-7-5-4-6-8-20)16-23(26)24-22-14-11-18(2)15-19(22)3/h9-15,20H,4-8,16H2,1-3H3,(H,24,26). The number of hydrogen-bond donors (Lipinski definition) is 1. The molecule has 156 valence electrons. The summed E-state index contributed by atoms with van der Waals surface area (Å²) < 4.78 is 28.2. The number of rotatable bonds is 6. The molecule has 0 saturated heterocycles. The lowest BCUT2D eigenvalue weighted by atomic mass is 9.95. The van der Waals surface area contributed by atoms with Crippen molar-refractivity contribution < 1.29 is 13.2 Å². The molecule has 0 aromatic heterocycles. The van der Waals surface area contributed by atoms with Gasteiger partial charge in [0.25, 0.3) is 0 Å². The summed E-state index contributed by atoms with van der Waals surface area (Å²) >= 11 is 0. The summed E-state index contributed by atoms with van der Waals surface area (Å²) in [5.41, 5.74) is 3.80. The minimum absolute atomic E-state index is 0.139. The van der Waals surface area contributed by atoms with E-state index in [0.717, 1.165) is 54.5 Å². The van der Waals surface area contributed by atoms with Gasteiger partial charge in [0.2, 0.25) is 15.9 Å². The van der Waals surface area contributed by atoms with Crippen LogP contribution in [0.3, 0.4) is 0 Å². The van der Waals surface area contributed by atoms with E-state index in [1.54, 1.807) is 24.3 Å². The van der Waals surface area contributed by atoms with Crippen LogP contribution >= 0.6 is 0 Å². The highest BCUT2D eigenvalue weighted by molar-refractivity contribution is 7.89. The van der Waals surface area contributed by atoms with E-state index in [-0.39, 0.29) is 23.4 Å². The average Bonchev–Trinajstić information content (AvgIpc) is 2.69. The molecule has 0 spiro atoms. The number of nitrogens with one attached hydrogen (secondary N) is 1. The summed E-state index contributed by atoms with van der Waals surface area (Å²) in [4.78, 5) is 13.1. The quantitative estimate of drug-likeness (QED) is 0.753. The fraction of sp³-hybridized carbons (Fsp3) is 0.435. The molecule has 1 aliphatic rings. The predicted molar refractivity (Wildman–Crippen MR) is 116 cm³/mol. The molecule has 2 aromatic carbocycles. The maximum Gasteiger partial charge on any atom is 0.243 e. The minimum atomic E-state index is -3.75. The van der Waals surface area contributed by atoms with Crippen LogP contribution in [0.2, 0.25) is 0 Å². The summed E-state index contributed by atoms with van der Waals surface area (Å²) in [6.07, 6.45) is 4.68. The Labute approximate surface area is 174 Å². The first-order valence-electron chi connectivity index (χ1n) is 10.2. The van der Waals surface area contributed by atoms with Crippen molar-refractivity contribution in [2.24, 2.45) is 0 Å². The Morgan fingerprint density at radius 1 is 0.966 bits per heavy atom. The largest absolute Gasteiger partial charge is 0.325 e. The number of hydrogen-bond acceptors (Lipinski definition) is 3. The van der Waals surface area contributed by atoms with Gasteiger partial charge in [-0.15, -0.1) is 0 Å². The normalized spacial score (nSPS) is 15.4. The van der Waals surface area contributed by atoms with Gasteiger partial charge in [-0.25, -0.2) is 8.42 Å². The lowest BCUT2D eigenvalue weighted by Crippen LogP contribution is -2.45. The van der Waals surface area contributed by atoms with Crippen LogP contribution < -0.4 is 5.32 Å². The molecular weight excluding hydrogens is 384 g/mol. The first kappa shape index (κ1) is 21.5. The SMILES string of the molecule is Cc1ccc(S(=O)(=O)N(CC(=O)Nc2ccc(C)cc2C)C2CCCCC2)cc1. The van der Waals surface area contributed by atoms with E-state index < -0.39 is 10.0 Å². The van der Waals surface area contributed by atoms with E-state index in [2.05, 4.69) is 5.32 Å². The zero-order valence-electron chi connectivity index (χ0n) is 17.4. The first-order chi connectivity index (χ1) is 13.8. The minimum Gasteiger partial charge on any atom is -0.325 e. The zero-order valence-corrected chi connectivity index (χ0v) is 18.3. The van der Waals surface area contributed by atoms with Gasteiger partial charge < -0.3 is 5.32 Å². The van der Waals surface area contributed by atoms with Crippen molar-refractivity contribution in [3.05, 3.63) is 59.2 Å². The van der Waals surface area contributed by atoms with Crippen molar-refractivity contribution >= 4 is 21.6 Å². The van der Waals surface area contributed by atoms with Gasteiger partial charge in [-0.05, 0) is 57.4 Å². The smallest absolute Gasteiger partial charge is 0.243 e. The van der Waals surface area contributed by atoms with Gasteiger partial charge in [-0.3, -0.25) is 4.79 Å². The van der Waals surface area contributed by atoms with Crippen molar-refractivity contribution in [3.63, 3.8) is 0 Å². The van der Waals surface area contributed by atoms with Gasteiger partial charge in [0.15, 0.2) is 0 Å². The van der Waals surface area contributed by atoms with Gasteiger partial charge in [0.1, 0.15) is 0 Å². The maximum atomic E-state index is 13.4. The summed E-state index contributed by atoms with van der Waals surface area (Å²) in [6, 6.07) is 12.5. The van der Waals surface area contributed by atoms with Crippen LogP contribution in [0.15, 0.2) is 47.4 Å². The van der Waals surface area contributed by atoms with E-state index in [0.29, 0.717) is 0 Å². The molecule has 0 unspecified atom stereocenters. The van der Waals surface area contributed by atoms with Crippen molar-refractivity contribution in [3.8, 4) is 0 Å². The Morgan fingerprint density at radius 3 is 2.21 bits per heavy atom. The highest BCUT2D eigenvalue weighted by Gasteiger charge is 2.34. The van der Waals surface area contributed by atoms with Crippen LogP contribution in [0.5, 0.6) is 0 Å². The van der Waals surface area contributed by atoms with Gasteiger partial charge in [0.05, 0.1) is 11.4 Å². The molecule has 1 fully saturated rings. The van der Waals surface area contributed by atoms with Crippen molar-refractivity contribution in [1.29, 1.82) is 0 Å². The third kappa shape index (κ3) is 5.25. The average molecular weight is 415 g/mol. The number of carbonyl (C=O) groups excluding carboxylic acids is 1. The molecule has 5 nitrogen and oxygen atoms in total. The second-order valence-electron chi connectivity index (χ2n) is 8.02. The summed E-state index contributed by atoms with van der Waals surface area (Å²) in [5.74, 6) is -0.307. The second kappa shape index (κ2) is 9.09. The Kier molecular flexibility index (Phi) is 6.75. The number of amides is 1. The molecule has 2 aromatic rings. The number of carbonyl (C=O) groups is 1. The van der Waals surface area contributed by atoms with Crippen LogP contribution in [0.4, 0.5) is 5.69 Å². The van der Waals surface area contributed by atoms with Gasteiger partial charge >= 0.3 is 0 Å². The first-order valence-corrected chi connectivity index (χ1v) is 11.7. The molecule has 1 aliphatic carbocycles. The molecule has 0 bridgehead atoms. The lowest BCUT2D eigenvalue weighted by molar-refractivity contribution is -0.116. The lowest BCUT2D eigenvalue weighted by Gasteiger charge is -2.33. The molecule has 1 amide bonds. The van der Waals surface area contributed by atoms with Gasteiger partial charge in [-0.1, -0.05) is 54.7 Å². The Bertz CT molecular complexity index is 962. The molecular formula is C23H30N2O3S. The topological polar surface area (TPSA) is 66.5 Å². The van der Waals surface area contributed by atoms with Crippen LogP contribution in [0, 0.1) is 20.8 Å². The van der Waals surface area contributed by atoms with Gasteiger partial charge in [0, 0.05) is 11.7 Å². The van der Waals surface area contributed by atoms with E-state index in [4.69, 9.17) is 0 Å². The fourth-order valence-electron chi connectivity index (χ4n) is 3.91. The Morgan fingerprint density at radius 2 is 1.59 bits per heavy atom. The zero-order chi connectivity index (χ0) is 21.0. The maximum absolute atomic E-state index is 13.4. The summed E-state index contributed by atoms with van der Waals surface area (Å²) in [6.45, 7) is 5.68. The molecule has 29 heavy (non-hydrogen) atoms. The van der Waals surface area contributed by atoms with E-state index in [9.17, 15) is 13.2 Å². The van der Waals surface area contributed by atoms with Gasteiger partial charge in [-0.2, -0.15) is 4.31 Å².